The van der Waals surface area contributed by atoms with E-state index in [1.54, 1.807) is 24.3 Å². The molecule has 1 N–H and O–H groups in total. The van der Waals surface area contributed by atoms with E-state index in [0.717, 1.165) is 16.7 Å². The predicted octanol–water partition coefficient (Wildman–Crippen LogP) is 5.83. The molecule has 13 heteroatoms. The SMILES string of the molecule is CC(=O)Nc1ccc(S(=O)(=O)Oc2ccc(/C=C3\SC(=O)N(CCOc4ccc(Cl)cc4)C3=O)cc2Cl)cc1. The van der Waals surface area contributed by atoms with Crippen molar-refractivity contribution in [1.82, 2.24) is 4.90 Å². The number of ether oxygens (including phenoxy) is 1. The largest absolute Gasteiger partial charge is 0.492 e. The molecule has 0 radical (unpaired) electrons. The molecule has 0 bridgehead atoms. The molecule has 39 heavy (non-hydrogen) atoms. The molecule has 202 valence electrons. The summed E-state index contributed by atoms with van der Waals surface area (Å²) in [6, 6.07) is 16.4. The van der Waals surface area contributed by atoms with E-state index < -0.39 is 21.3 Å². The Balaban J connectivity index is 1.40. The van der Waals surface area contributed by atoms with Gasteiger partial charge in [-0.1, -0.05) is 29.3 Å². The Kier molecular flexibility index (Phi) is 8.86. The van der Waals surface area contributed by atoms with Crippen LogP contribution in [0.1, 0.15) is 12.5 Å². The first-order valence-electron chi connectivity index (χ1n) is 11.3. The Hall–Kier alpha value is -3.51. The maximum atomic E-state index is 12.8. The number of nitrogens with one attached hydrogen (secondary N) is 1. The van der Waals surface area contributed by atoms with Crippen molar-refractivity contribution in [2.45, 2.75) is 11.8 Å². The van der Waals surface area contributed by atoms with Crippen molar-refractivity contribution in [3.8, 4) is 11.5 Å². The molecule has 1 heterocycles. The molecule has 0 aliphatic carbocycles. The average Bonchev–Trinajstić information content (AvgIpc) is 3.14. The van der Waals surface area contributed by atoms with Gasteiger partial charge in [0, 0.05) is 17.6 Å². The number of imide groups is 1. The number of benzene rings is 3. The Labute approximate surface area is 238 Å². The van der Waals surface area contributed by atoms with Gasteiger partial charge in [0.05, 0.1) is 16.5 Å². The van der Waals surface area contributed by atoms with Crippen molar-refractivity contribution >= 4 is 73.9 Å². The summed E-state index contributed by atoms with van der Waals surface area (Å²) in [5.41, 5.74) is 0.898. The number of carbonyl (C=O) groups excluding carboxylic acids is 3. The number of nitrogens with zero attached hydrogens (tertiary/aromatic N) is 1. The monoisotopic (exact) mass is 606 g/mol. The highest BCUT2D eigenvalue weighted by molar-refractivity contribution is 8.18. The smallest absolute Gasteiger partial charge is 0.339 e. The molecule has 0 atom stereocenters. The van der Waals surface area contributed by atoms with Gasteiger partial charge in [0.2, 0.25) is 5.91 Å². The van der Waals surface area contributed by atoms with Crippen LogP contribution in [0.25, 0.3) is 6.08 Å². The molecule has 0 spiro atoms. The van der Waals surface area contributed by atoms with Crippen molar-refractivity contribution in [3.63, 3.8) is 0 Å². The quantitative estimate of drug-likeness (QED) is 0.238. The topological polar surface area (TPSA) is 119 Å². The van der Waals surface area contributed by atoms with Crippen LogP contribution in [0.3, 0.4) is 0 Å². The average molecular weight is 607 g/mol. The number of amides is 3. The van der Waals surface area contributed by atoms with Gasteiger partial charge in [0.25, 0.3) is 11.1 Å². The first-order valence-corrected chi connectivity index (χ1v) is 14.3. The molecule has 0 aromatic heterocycles. The van der Waals surface area contributed by atoms with Crippen molar-refractivity contribution in [2.24, 2.45) is 0 Å². The second-order valence-corrected chi connectivity index (χ2v) is 11.5. The number of carbonyl (C=O) groups is 3. The normalized spacial score (nSPS) is 14.5. The number of hydrogen-bond acceptors (Lipinski definition) is 8. The Morgan fingerprint density at radius 3 is 2.36 bits per heavy atom. The molecule has 1 aliphatic rings. The summed E-state index contributed by atoms with van der Waals surface area (Å²) >= 11 is 12.9. The third-order valence-electron chi connectivity index (χ3n) is 5.19. The van der Waals surface area contributed by atoms with Crippen LogP contribution in [0, 0.1) is 0 Å². The summed E-state index contributed by atoms with van der Waals surface area (Å²) < 4.78 is 36.1. The van der Waals surface area contributed by atoms with E-state index in [1.165, 1.54) is 55.5 Å². The zero-order chi connectivity index (χ0) is 28.2. The Bertz CT molecular complexity index is 1560. The highest BCUT2D eigenvalue weighted by atomic mass is 35.5. The summed E-state index contributed by atoms with van der Waals surface area (Å²) in [4.78, 5) is 37.4. The van der Waals surface area contributed by atoms with Crippen LogP contribution in [-0.4, -0.2) is 43.5 Å². The van der Waals surface area contributed by atoms with Crippen molar-refractivity contribution in [1.29, 1.82) is 0 Å². The van der Waals surface area contributed by atoms with Crippen LogP contribution in [-0.2, 0) is 19.7 Å². The minimum Gasteiger partial charge on any atom is -0.492 e. The lowest BCUT2D eigenvalue weighted by Crippen LogP contribution is -2.32. The number of rotatable bonds is 9. The number of thioether (sulfide) groups is 1. The maximum Gasteiger partial charge on any atom is 0.339 e. The molecule has 1 saturated heterocycles. The lowest BCUT2D eigenvalue weighted by molar-refractivity contribution is -0.123. The summed E-state index contributed by atoms with van der Waals surface area (Å²) in [6.45, 7) is 1.50. The van der Waals surface area contributed by atoms with E-state index in [2.05, 4.69) is 5.32 Å². The zero-order valence-corrected chi connectivity index (χ0v) is 23.4. The Morgan fingerprint density at radius 1 is 1.03 bits per heavy atom. The van der Waals surface area contributed by atoms with Crippen LogP contribution in [0.15, 0.2) is 76.5 Å². The fourth-order valence-corrected chi connectivity index (χ4v) is 5.59. The minimum absolute atomic E-state index is 0.0159. The third-order valence-corrected chi connectivity index (χ3v) is 7.89. The first-order chi connectivity index (χ1) is 18.5. The fourth-order valence-electron chi connectivity index (χ4n) is 3.38. The van der Waals surface area contributed by atoms with Gasteiger partial charge in [0.1, 0.15) is 17.3 Å². The second kappa shape index (κ2) is 12.1. The molecule has 1 aliphatic heterocycles. The molecule has 4 rings (SSSR count). The van der Waals surface area contributed by atoms with Gasteiger partial charge in [0.15, 0.2) is 5.75 Å². The molecule has 1 fully saturated rings. The molecule has 3 aromatic rings. The summed E-state index contributed by atoms with van der Waals surface area (Å²) in [5, 5.41) is 2.65. The lowest BCUT2D eigenvalue weighted by atomic mass is 10.2. The number of halogens is 2. The van der Waals surface area contributed by atoms with Gasteiger partial charge in [-0.25, -0.2) is 0 Å². The molecule has 0 saturated carbocycles. The van der Waals surface area contributed by atoms with E-state index in [0.29, 0.717) is 22.0 Å². The van der Waals surface area contributed by atoms with Crippen LogP contribution in [0.5, 0.6) is 11.5 Å². The van der Waals surface area contributed by atoms with Gasteiger partial charge in [-0.2, -0.15) is 8.42 Å². The van der Waals surface area contributed by atoms with E-state index in [1.807, 2.05) is 0 Å². The van der Waals surface area contributed by atoms with Crippen LogP contribution in [0.2, 0.25) is 10.0 Å². The van der Waals surface area contributed by atoms with E-state index in [9.17, 15) is 22.8 Å². The zero-order valence-electron chi connectivity index (χ0n) is 20.2. The highest BCUT2D eigenvalue weighted by Gasteiger charge is 2.34. The van der Waals surface area contributed by atoms with Gasteiger partial charge in [-0.15, -0.1) is 0 Å². The van der Waals surface area contributed by atoms with Crippen molar-refractivity contribution in [2.75, 3.05) is 18.5 Å². The molecular formula is C26H20Cl2N2O7S2. The van der Waals surface area contributed by atoms with Gasteiger partial charge >= 0.3 is 10.1 Å². The number of hydrogen-bond donors (Lipinski definition) is 1. The number of anilines is 1. The van der Waals surface area contributed by atoms with Crippen LogP contribution < -0.4 is 14.2 Å². The third kappa shape index (κ3) is 7.33. The molecule has 3 aromatic carbocycles. The van der Waals surface area contributed by atoms with E-state index in [-0.39, 0.29) is 39.6 Å². The molecule has 0 unspecified atom stereocenters. The summed E-state index contributed by atoms with van der Waals surface area (Å²) in [6.07, 6.45) is 1.48. The molecule has 9 nitrogen and oxygen atoms in total. The predicted molar refractivity (Wildman–Crippen MR) is 150 cm³/mol. The van der Waals surface area contributed by atoms with Gasteiger partial charge in [-0.3, -0.25) is 19.3 Å². The van der Waals surface area contributed by atoms with Gasteiger partial charge in [-0.05, 0) is 84.1 Å². The van der Waals surface area contributed by atoms with Crippen LogP contribution in [0.4, 0.5) is 10.5 Å². The van der Waals surface area contributed by atoms with E-state index >= 15 is 0 Å². The Morgan fingerprint density at radius 2 is 1.72 bits per heavy atom. The second-order valence-electron chi connectivity index (χ2n) is 8.07. The first kappa shape index (κ1) is 28.5. The fraction of sp³-hybridized carbons (Fsp3) is 0.115. The van der Waals surface area contributed by atoms with Crippen LogP contribution >= 0.6 is 35.0 Å². The molecular weight excluding hydrogens is 587 g/mol. The van der Waals surface area contributed by atoms with Gasteiger partial charge < -0.3 is 14.2 Å². The summed E-state index contributed by atoms with van der Waals surface area (Å²) in [5.74, 6) is -0.330. The van der Waals surface area contributed by atoms with E-state index in [4.69, 9.17) is 32.1 Å². The maximum absolute atomic E-state index is 12.8. The summed E-state index contributed by atoms with van der Waals surface area (Å²) in [7, 11) is -4.21. The lowest BCUT2D eigenvalue weighted by Gasteiger charge is -2.13. The minimum atomic E-state index is -4.21. The highest BCUT2D eigenvalue weighted by Crippen LogP contribution is 2.34. The molecule has 3 amide bonds. The van der Waals surface area contributed by atoms with Crippen molar-refractivity contribution in [3.05, 3.63) is 87.2 Å². The van der Waals surface area contributed by atoms with Crippen molar-refractivity contribution < 1.29 is 31.7 Å². The standard InChI is InChI=1S/C26H20Cl2N2O7S2/c1-16(31)29-19-5-9-21(10-6-19)39(34,35)37-23-11-2-17(14-22(23)28)15-24-25(32)30(26(33)38-24)12-13-36-20-7-3-18(27)4-8-20/h2-11,14-15H,12-13H2,1H3,(H,29,31)/b24-15-.